The van der Waals surface area contributed by atoms with Gasteiger partial charge in [-0.3, -0.25) is 9.78 Å². The van der Waals surface area contributed by atoms with Crippen molar-refractivity contribution in [2.24, 2.45) is 0 Å². The van der Waals surface area contributed by atoms with E-state index >= 15 is 0 Å². The second-order valence-corrected chi connectivity index (χ2v) is 6.29. The number of hydrogen-bond acceptors (Lipinski definition) is 3. The fourth-order valence-electron chi connectivity index (χ4n) is 2.81. The number of halogens is 1. The Hall–Kier alpha value is -3.31. The summed E-state index contributed by atoms with van der Waals surface area (Å²) in [4.78, 5) is 19.8. The Bertz CT molecular complexity index is 1160. The van der Waals surface area contributed by atoms with Gasteiger partial charge in [0, 0.05) is 28.1 Å². The average Bonchev–Trinajstić information content (AvgIpc) is 3.01. The molecule has 0 aliphatic heterocycles. The van der Waals surface area contributed by atoms with Crippen LogP contribution >= 0.6 is 11.6 Å². The largest absolute Gasteiger partial charge is 0.398 e. The Balaban J connectivity index is 1.56. The van der Waals surface area contributed by atoms with Crippen LogP contribution in [0.25, 0.3) is 27.9 Å². The quantitative estimate of drug-likeness (QED) is 0.367. The van der Waals surface area contributed by atoms with Gasteiger partial charge in [-0.15, -0.1) is 0 Å². The Kier molecular flexibility index (Phi) is 4.07. The van der Waals surface area contributed by atoms with E-state index in [0.717, 1.165) is 21.8 Å². The zero-order valence-corrected chi connectivity index (χ0v) is 14.4. The van der Waals surface area contributed by atoms with Crippen LogP contribution in [-0.4, -0.2) is 15.9 Å². The lowest BCUT2D eigenvalue weighted by Gasteiger charge is -2.04. The van der Waals surface area contributed by atoms with E-state index in [0.29, 0.717) is 22.1 Å². The van der Waals surface area contributed by atoms with Gasteiger partial charge in [0.2, 0.25) is 5.91 Å². The SMILES string of the molecule is Nc1ccc(NC(=O)/C=C/c2cc3c(cn2)[nH]c2ccccc23)cc1Cl. The summed E-state index contributed by atoms with van der Waals surface area (Å²) in [6.45, 7) is 0. The van der Waals surface area contributed by atoms with E-state index in [2.05, 4.69) is 21.4 Å². The van der Waals surface area contributed by atoms with Crippen molar-refractivity contribution >= 4 is 56.8 Å². The van der Waals surface area contributed by atoms with Crippen LogP contribution < -0.4 is 11.1 Å². The maximum Gasteiger partial charge on any atom is 0.248 e. The molecule has 6 heteroatoms. The Labute approximate surface area is 154 Å². The van der Waals surface area contributed by atoms with Gasteiger partial charge in [-0.05, 0) is 36.4 Å². The number of anilines is 2. The fourth-order valence-corrected chi connectivity index (χ4v) is 2.99. The number of amides is 1. The van der Waals surface area contributed by atoms with Crippen molar-refractivity contribution in [1.29, 1.82) is 0 Å². The van der Waals surface area contributed by atoms with E-state index in [1.54, 1.807) is 30.5 Å². The van der Waals surface area contributed by atoms with Crippen LogP contribution in [-0.2, 0) is 4.79 Å². The molecule has 4 aromatic rings. The highest BCUT2D eigenvalue weighted by Crippen LogP contribution is 2.25. The van der Waals surface area contributed by atoms with Gasteiger partial charge >= 0.3 is 0 Å². The van der Waals surface area contributed by atoms with Gasteiger partial charge in [0.15, 0.2) is 0 Å². The first-order chi connectivity index (χ1) is 12.6. The van der Waals surface area contributed by atoms with Crippen LogP contribution in [0, 0.1) is 0 Å². The van der Waals surface area contributed by atoms with Crippen LogP contribution in [0.1, 0.15) is 5.69 Å². The topological polar surface area (TPSA) is 83.8 Å². The Morgan fingerprint density at radius 3 is 2.81 bits per heavy atom. The molecule has 0 aliphatic carbocycles. The fraction of sp³-hybridized carbons (Fsp3) is 0. The number of nitrogens with two attached hydrogens (primary N) is 1. The number of fused-ring (bicyclic) bond motifs is 3. The van der Waals surface area contributed by atoms with Crippen molar-refractivity contribution < 1.29 is 4.79 Å². The molecule has 0 unspecified atom stereocenters. The normalized spacial score (nSPS) is 11.4. The van der Waals surface area contributed by atoms with Crippen LogP contribution in [0.4, 0.5) is 11.4 Å². The highest BCUT2D eigenvalue weighted by Gasteiger charge is 2.05. The predicted molar refractivity (Wildman–Crippen MR) is 107 cm³/mol. The molecule has 4 rings (SSSR count). The van der Waals surface area contributed by atoms with Crippen molar-refractivity contribution in [2.45, 2.75) is 0 Å². The Morgan fingerprint density at radius 2 is 1.96 bits per heavy atom. The number of pyridine rings is 1. The molecule has 0 fully saturated rings. The molecule has 26 heavy (non-hydrogen) atoms. The van der Waals surface area contributed by atoms with Crippen molar-refractivity contribution in [3.63, 3.8) is 0 Å². The molecule has 128 valence electrons. The Morgan fingerprint density at radius 1 is 1.12 bits per heavy atom. The van der Waals surface area contributed by atoms with Gasteiger partial charge in [0.25, 0.3) is 0 Å². The number of nitrogen functional groups attached to an aromatic ring is 1. The standard InChI is InChI=1S/C20H15ClN4O/c21-16-10-13(5-7-17(16)22)24-20(26)8-6-12-9-15-14-3-1-2-4-18(14)25-19(15)11-23-12/h1-11,25H,22H2,(H,24,26)/b8-6+. The monoisotopic (exact) mass is 362 g/mol. The van der Waals surface area contributed by atoms with Crippen LogP contribution in [0.2, 0.25) is 5.02 Å². The number of aromatic nitrogens is 2. The molecular weight excluding hydrogens is 348 g/mol. The maximum absolute atomic E-state index is 12.1. The third kappa shape index (κ3) is 3.12. The summed E-state index contributed by atoms with van der Waals surface area (Å²) in [6.07, 6.45) is 4.88. The van der Waals surface area contributed by atoms with Gasteiger partial charge in [0.1, 0.15) is 0 Å². The summed E-state index contributed by atoms with van der Waals surface area (Å²) in [5, 5.41) is 5.34. The molecule has 0 spiro atoms. The highest BCUT2D eigenvalue weighted by atomic mass is 35.5. The molecule has 5 nitrogen and oxygen atoms in total. The third-order valence-electron chi connectivity index (χ3n) is 4.09. The predicted octanol–water partition coefficient (Wildman–Crippen LogP) is 4.60. The van der Waals surface area contributed by atoms with Crippen molar-refractivity contribution in [2.75, 3.05) is 11.1 Å². The number of carbonyl (C=O) groups is 1. The molecule has 0 radical (unpaired) electrons. The minimum Gasteiger partial charge on any atom is -0.398 e. The second kappa shape index (κ2) is 6.54. The first-order valence-electron chi connectivity index (χ1n) is 8.01. The molecule has 2 aromatic heterocycles. The van der Waals surface area contributed by atoms with Gasteiger partial charge in [-0.1, -0.05) is 29.8 Å². The summed E-state index contributed by atoms with van der Waals surface area (Å²) in [5.74, 6) is -0.272. The van der Waals surface area contributed by atoms with Crippen molar-refractivity contribution in [1.82, 2.24) is 9.97 Å². The first kappa shape index (κ1) is 16.2. The number of carbonyl (C=O) groups excluding carboxylic acids is 1. The summed E-state index contributed by atoms with van der Waals surface area (Å²) in [7, 11) is 0. The minimum atomic E-state index is -0.272. The van der Waals surface area contributed by atoms with E-state index in [-0.39, 0.29) is 5.91 Å². The molecule has 2 aromatic carbocycles. The lowest BCUT2D eigenvalue weighted by Crippen LogP contribution is -2.07. The van der Waals surface area contributed by atoms with Crippen molar-refractivity contribution in [3.8, 4) is 0 Å². The smallest absolute Gasteiger partial charge is 0.248 e. The zero-order chi connectivity index (χ0) is 18.1. The van der Waals surface area contributed by atoms with Crippen LogP contribution in [0.3, 0.4) is 0 Å². The highest BCUT2D eigenvalue weighted by molar-refractivity contribution is 6.33. The summed E-state index contributed by atoms with van der Waals surface area (Å²) < 4.78 is 0. The van der Waals surface area contributed by atoms with Crippen molar-refractivity contribution in [3.05, 3.63) is 71.5 Å². The molecule has 2 heterocycles. The molecule has 0 saturated heterocycles. The third-order valence-corrected chi connectivity index (χ3v) is 4.41. The molecule has 1 amide bonds. The lowest BCUT2D eigenvalue weighted by atomic mass is 10.1. The van der Waals surface area contributed by atoms with E-state index in [1.807, 2.05) is 24.3 Å². The summed E-state index contributed by atoms with van der Waals surface area (Å²) in [6, 6.07) is 15.0. The maximum atomic E-state index is 12.1. The number of para-hydroxylation sites is 1. The van der Waals surface area contributed by atoms with Gasteiger partial charge in [-0.25, -0.2) is 0 Å². The van der Waals surface area contributed by atoms with Gasteiger partial charge in [-0.2, -0.15) is 0 Å². The first-order valence-corrected chi connectivity index (χ1v) is 8.38. The lowest BCUT2D eigenvalue weighted by molar-refractivity contribution is -0.111. The number of nitrogens with one attached hydrogen (secondary N) is 2. The molecule has 0 atom stereocenters. The molecular formula is C20H15ClN4O. The van der Waals surface area contributed by atoms with E-state index in [4.69, 9.17) is 17.3 Å². The number of hydrogen-bond donors (Lipinski definition) is 3. The number of H-pyrrole nitrogens is 1. The summed E-state index contributed by atoms with van der Waals surface area (Å²) in [5.41, 5.74) is 9.43. The van der Waals surface area contributed by atoms with Gasteiger partial charge in [0.05, 0.1) is 28.1 Å². The number of benzene rings is 2. The number of nitrogens with zero attached hydrogens (tertiary/aromatic N) is 1. The second-order valence-electron chi connectivity index (χ2n) is 5.88. The summed E-state index contributed by atoms with van der Waals surface area (Å²) >= 11 is 5.96. The van der Waals surface area contributed by atoms with E-state index in [1.165, 1.54) is 6.08 Å². The van der Waals surface area contributed by atoms with E-state index in [9.17, 15) is 4.79 Å². The molecule has 0 aliphatic rings. The average molecular weight is 363 g/mol. The minimum absolute atomic E-state index is 0.272. The number of rotatable bonds is 3. The molecule has 0 saturated carbocycles. The van der Waals surface area contributed by atoms with Gasteiger partial charge < -0.3 is 16.0 Å². The number of aromatic amines is 1. The zero-order valence-electron chi connectivity index (χ0n) is 13.7. The van der Waals surface area contributed by atoms with Crippen LogP contribution in [0.15, 0.2) is 60.8 Å². The molecule has 4 N–H and O–H groups in total. The van der Waals surface area contributed by atoms with E-state index < -0.39 is 0 Å². The van der Waals surface area contributed by atoms with Crippen LogP contribution in [0.5, 0.6) is 0 Å². The molecule has 0 bridgehead atoms.